The average Bonchev–Trinajstić information content (AvgIpc) is 3.25. The highest BCUT2D eigenvalue weighted by Crippen LogP contribution is 2.34. The summed E-state index contributed by atoms with van der Waals surface area (Å²) in [6.45, 7) is 1.16. The zero-order valence-electron chi connectivity index (χ0n) is 16.1. The second-order valence-corrected chi connectivity index (χ2v) is 6.14. The van der Waals surface area contributed by atoms with Gasteiger partial charge in [0.25, 0.3) is 5.91 Å². The zero-order valence-corrected chi connectivity index (χ0v) is 16.1. The summed E-state index contributed by atoms with van der Waals surface area (Å²) in [5.41, 5.74) is 2.55. The quantitative estimate of drug-likeness (QED) is 0.649. The molecule has 7 heteroatoms. The highest BCUT2D eigenvalue weighted by atomic mass is 16.5. The summed E-state index contributed by atoms with van der Waals surface area (Å²) in [6.07, 6.45) is 5.46. The predicted molar refractivity (Wildman–Crippen MR) is 105 cm³/mol. The fourth-order valence-corrected chi connectivity index (χ4v) is 2.84. The number of carbonyl (C=O) groups excluding carboxylic acids is 1. The summed E-state index contributed by atoms with van der Waals surface area (Å²) < 4.78 is 17.8. The van der Waals surface area contributed by atoms with Gasteiger partial charge in [0.2, 0.25) is 0 Å². The van der Waals surface area contributed by atoms with Crippen LogP contribution in [0.5, 0.6) is 17.2 Å². The Morgan fingerprint density at radius 1 is 0.964 bits per heavy atom. The van der Waals surface area contributed by atoms with E-state index in [1.807, 2.05) is 35.0 Å². The Morgan fingerprint density at radius 3 is 2.21 bits per heavy atom. The van der Waals surface area contributed by atoms with Crippen LogP contribution in [0.25, 0.3) is 0 Å². The summed E-state index contributed by atoms with van der Waals surface area (Å²) in [5, 5.41) is 2.91. The number of amides is 1. The minimum atomic E-state index is -0.250. The lowest BCUT2D eigenvalue weighted by Crippen LogP contribution is -2.23. The number of aromatic nitrogens is 2. The monoisotopic (exact) mass is 381 g/mol. The molecule has 3 aromatic rings. The number of methoxy groups -OCH3 is 3. The molecule has 0 unspecified atom stereocenters. The van der Waals surface area contributed by atoms with Crippen LogP contribution >= 0.6 is 0 Å². The Balaban J connectivity index is 1.66. The molecule has 1 amide bonds. The number of hydrogen-bond acceptors (Lipinski definition) is 5. The molecule has 0 bridgehead atoms. The number of benzene rings is 2. The molecule has 0 saturated carbocycles. The molecule has 146 valence electrons. The topological polar surface area (TPSA) is 74.6 Å². The summed E-state index contributed by atoms with van der Waals surface area (Å²) in [6, 6.07) is 11.3. The molecule has 0 saturated heterocycles. The molecular weight excluding hydrogens is 358 g/mol. The van der Waals surface area contributed by atoms with Crippen molar-refractivity contribution in [3.05, 3.63) is 71.8 Å². The van der Waals surface area contributed by atoms with Gasteiger partial charge >= 0.3 is 0 Å². The van der Waals surface area contributed by atoms with Crippen molar-refractivity contribution in [1.29, 1.82) is 0 Å². The molecule has 3 rings (SSSR count). The lowest BCUT2D eigenvalue weighted by molar-refractivity contribution is 0.0947. The lowest BCUT2D eigenvalue weighted by atomic mass is 10.1. The number of carbonyl (C=O) groups is 1. The number of hydrogen-bond donors (Lipinski definition) is 1. The van der Waals surface area contributed by atoms with Gasteiger partial charge in [-0.15, -0.1) is 0 Å². The second kappa shape index (κ2) is 8.94. The first-order valence-corrected chi connectivity index (χ1v) is 8.76. The van der Waals surface area contributed by atoms with Crippen molar-refractivity contribution in [2.24, 2.45) is 0 Å². The van der Waals surface area contributed by atoms with Crippen LogP contribution in [0.4, 0.5) is 0 Å². The van der Waals surface area contributed by atoms with Gasteiger partial charge in [0.15, 0.2) is 11.5 Å². The van der Waals surface area contributed by atoms with Crippen molar-refractivity contribution in [1.82, 2.24) is 14.9 Å². The molecule has 0 aliphatic heterocycles. The zero-order chi connectivity index (χ0) is 19.9. The normalized spacial score (nSPS) is 10.4. The molecule has 28 heavy (non-hydrogen) atoms. The molecule has 0 aliphatic carbocycles. The van der Waals surface area contributed by atoms with Crippen LogP contribution in [0.15, 0.2) is 55.1 Å². The van der Waals surface area contributed by atoms with Crippen LogP contribution in [-0.4, -0.2) is 36.8 Å². The fourth-order valence-electron chi connectivity index (χ4n) is 2.84. The molecule has 1 heterocycles. The van der Waals surface area contributed by atoms with Crippen molar-refractivity contribution in [2.45, 2.75) is 13.1 Å². The molecule has 0 spiro atoms. The second-order valence-electron chi connectivity index (χ2n) is 6.14. The summed E-state index contributed by atoms with van der Waals surface area (Å²) in [4.78, 5) is 16.7. The average molecular weight is 381 g/mol. The van der Waals surface area contributed by atoms with E-state index in [2.05, 4.69) is 10.3 Å². The van der Waals surface area contributed by atoms with Gasteiger partial charge in [0.05, 0.1) is 33.2 Å². The number of rotatable bonds is 8. The summed E-state index contributed by atoms with van der Waals surface area (Å²) in [7, 11) is 4.57. The van der Waals surface area contributed by atoms with E-state index in [1.54, 1.807) is 24.7 Å². The van der Waals surface area contributed by atoms with Gasteiger partial charge in [-0.2, -0.15) is 0 Å². The van der Waals surface area contributed by atoms with Gasteiger partial charge in [-0.05, 0) is 11.1 Å². The van der Waals surface area contributed by atoms with E-state index in [1.165, 1.54) is 21.3 Å². The largest absolute Gasteiger partial charge is 0.496 e. The van der Waals surface area contributed by atoms with Gasteiger partial charge in [0, 0.05) is 37.6 Å². The molecule has 1 aromatic heterocycles. The third kappa shape index (κ3) is 4.43. The molecule has 2 aromatic carbocycles. The lowest BCUT2D eigenvalue weighted by Gasteiger charge is -2.14. The van der Waals surface area contributed by atoms with Crippen LogP contribution in [0.2, 0.25) is 0 Å². The standard InChI is InChI=1S/C21H23N3O4/c1-26-18-11-20(28-3)19(27-2)10-17(18)21(25)23-12-15-4-6-16(7-5-15)13-24-9-8-22-14-24/h4-11,14H,12-13H2,1-3H3,(H,23,25). The van der Waals surface area contributed by atoms with Crippen LogP contribution < -0.4 is 19.5 Å². The Hall–Kier alpha value is -3.48. The minimum Gasteiger partial charge on any atom is -0.496 e. The van der Waals surface area contributed by atoms with E-state index in [4.69, 9.17) is 14.2 Å². The van der Waals surface area contributed by atoms with Crippen molar-refractivity contribution < 1.29 is 19.0 Å². The van der Waals surface area contributed by atoms with Crippen LogP contribution in [0, 0.1) is 0 Å². The first-order chi connectivity index (χ1) is 13.6. The Morgan fingerprint density at radius 2 is 1.61 bits per heavy atom. The molecule has 1 N–H and O–H groups in total. The van der Waals surface area contributed by atoms with E-state index in [9.17, 15) is 4.79 Å². The van der Waals surface area contributed by atoms with Gasteiger partial charge in [-0.1, -0.05) is 24.3 Å². The van der Waals surface area contributed by atoms with Gasteiger partial charge in [-0.3, -0.25) is 4.79 Å². The van der Waals surface area contributed by atoms with Crippen molar-refractivity contribution in [3.8, 4) is 17.2 Å². The van der Waals surface area contributed by atoms with E-state index >= 15 is 0 Å². The third-order valence-corrected chi connectivity index (χ3v) is 4.35. The third-order valence-electron chi connectivity index (χ3n) is 4.35. The van der Waals surface area contributed by atoms with Crippen molar-refractivity contribution >= 4 is 5.91 Å². The SMILES string of the molecule is COc1cc(OC)c(C(=O)NCc2ccc(Cn3ccnc3)cc2)cc1OC. The molecule has 0 fully saturated rings. The van der Waals surface area contributed by atoms with E-state index in [0.717, 1.165) is 17.7 Å². The smallest absolute Gasteiger partial charge is 0.255 e. The maximum atomic E-state index is 12.6. The highest BCUT2D eigenvalue weighted by Gasteiger charge is 2.17. The maximum Gasteiger partial charge on any atom is 0.255 e. The molecular formula is C21H23N3O4. The number of imidazole rings is 1. The van der Waals surface area contributed by atoms with E-state index in [0.29, 0.717) is 29.4 Å². The van der Waals surface area contributed by atoms with Gasteiger partial charge in [-0.25, -0.2) is 4.98 Å². The summed E-state index contributed by atoms with van der Waals surface area (Å²) in [5.74, 6) is 1.15. The van der Waals surface area contributed by atoms with Crippen LogP contribution in [-0.2, 0) is 13.1 Å². The molecule has 7 nitrogen and oxygen atoms in total. The first-order valence-electron chi connectivity index (χ1n) is 8.76. The van der Waals surface area contributed by atoms with Crippen molar-refractivity contribution in [3.63, 3.8) is 0 Å². The number of nitrogens with zero attached hydrogens (tertiary/aromatic N) is 2. The Bertz CT molecular complexity index is 922. The maximum absolute atomic E-state index is 12.6. The Kier molecular flexibility index (Phi) is 6.16. The van der Waals surface area contributed by atoms with E-state index in [-0.39, 0.29) is 5.91 Å². The van der Waals surface area contributed by atoms with Gasteiger partial charge < -0.3 is 24.1 Å². The molecule has 0 radical (unpaired) electrons. The predicted octanol–water partition coefficient (Wildman–Crippen LogP) is 2.89. The van der Waals surface area contributed by atoms with E-state index < -0.39 is 0 Å². The van der Waals surface area contributed by atoms with Gasteiger partial charge in [0.1, 0.15) is 5.75 Å². The summed E-state index contributed by atoms with van der Waals surface area (Å²) >= 11 is 0. The van der Waals surface area contributed by atoms with Crippen LogP contribution in [0.1, 0.15) is 21.5 Å². The first kappa shape index (κ1) is 19.3. The minimum absolute atomic E-state index is 0.250. The van der Waals surface area contributed by atoms with Crippen molar-refractivity contribution in [2.75, 3.05) is 21.3 Å². The molecule has 0 aliphatic rings. The number of nitrogens with one attached hydrogen (secondary N) is 1. The molecule has 0 atom stereocenters. The highest BCUT2D eigenvalue weighted by molar-refractivity contribution is 5.97. The van der Waals surface area contributed by atoms with Crippen LogP contribution in [0.3, 0.4) is 0 Å². The number of ether oxygens (including phenoxy) is 3. The fraction of sp³-hybridized carbons (Fsp3) is 0.238. The Labute approximate surface area is 163 Å².